The van der Waals surface area contributed by atoms with Gasteiger partial charge in [0.1, 0.15) is 6.04 Å². The summed E-state index contributed by atoms with van der Waals surface area (Å²) in [7, 11) is 0. The van der Waals surface area contributed by atoms with E-state index in [0.29, 0.717) is 5.56 Å². The molecule has 5 nitrogen and oxygen atoms in total. The summed E-state index contributed by atoms with van der Waals surface area (Å²) in [5.74, 6) is -1.21. The van der Waals surface area contributed by atoms with Gasteiger partial charge in [-0.25, -0.2) is 4.79 Å². The number of benzene rings is 1. The largest absolute Gasteiger partial charge is 0.480 e. The van der Waals surface area contributed by atoms with Gasteiger partial charge in [0.05, 0.1) is 5.56 Å². The molecular formula is C15H16N2O3. The first kappa shape index (κ1) is 12.7. The zero-order valence-electron chi connectivity index (χ0n) is 11.1. The number of aryl methyl sites for hydroxylation is 1. The number of aromatic nitrogens is 1. The fourth-order valence-electron chi connectivity index (χ4n) is 2.59. The maximum absolute atomic E-state index is 12.4. The van der Waals surface area contributed by atoms with Crippen LogP contribution in [-0.4, -0.2) is 28.0 Å². The third kappa shape index (κ3) is 2.15. The van der Waals surface area contributed by atoms with Crippen molar-refractivity contribution < 1.29 is 14.7 Å². The fraction of sp³-hybridized carbons (Fsp3) is 0.333. The van der Waals surface area contributed by atoms with Crippen LogP contribution in [0.25, 0.3) is 10.9 Å². The first-order valence-corrected chi connectivity index (χ1v) is 6.69. The zero-order valence-corrected chi connectivity index (χ0v) is 11.1. The Morgan fingerprint density at radius 1 is 1.35 bits per heavy atom. The number of hydrogen-bond acceptors (Lipinski definition) is 2. The molecule has 1 saturated carbocycles. The van der Waals surface area contributed by atoms with E-state index in [1.807, 2.05) is 31.2 Å². The summed E-state index contributed by atoms with van der Waals surface area (Å²) >= 11 is 0. The number of carbonyl (C=O) groups is 2. The number of carbonyl (C=O) groups excluding carboxylic acids is 1. The highest BCUT2D eigenvalue weighted by molar-refractivity contribution is 6.09. The SMILES string of the molecule is Cc1[nH]c2ccccc2c1C(=O)NC(C(=O)O)C1CC1. The summed E-state index contributed by atoms with van der Waals surface area (Å²) in [4.78, 5) is 26.8. The van der Waals surface area contributed by atoms with Gasteiger partial charge in [-0.05, 0) is 31.7 Å². The lowest BCUT2D eigenvalue weighted by molar-refractivity contribution is -0.139. The summed E-state index contributed by atoms with van der Waals surface area (Å²) < 4.78 is 0. The molecular weight excluding hydrogens is 256 g/mol. The number of rotatable bonds is 4. The highest BCUT2D eigenvalue weighted by Gasteiger charge is 2.37. The number of fused-ring (bicyclic) bond motifs is 1. The second kappa shape index (κ2) is 4.67. The van der Waals surface area contributed by atoms with Crippen LogP contribution < -0.4 is 5.32 Å². The molecule has 1 aromatic carbocycles. The van der Waals surface area contributed by atoms with Crippen LogP contribution in [0.4, 0.5) is 0 Å². The van der Waals surface area contributed by atoms with Crippen molar-refractivity contribution in [3.8, 4) is 0 Å². The van der Waals surface area contributed by atoms with Crippen LogP contribution in [0.15, 0.2) is 24.3 Å². The maximum Gasteiger partial charge on any atom is 0.326 e. The van der Waals surface area contributed by atoms with E-state index in [1.54, 1.807) is 0 Å². The van der Waals surface area contributed by atoms with Gasteiger partial charge in [0.2, 0.25) is 0 Å². The van der Waals surface area contributed by atoms with Gasteiger partial charge in [0.25, 0.3) is 5.91 Å². The average molecular weight is 272 g/mol. The van der Waals surface area contributed by atoms with Crippen LogP contribution >= 0.6 is 0 Å². The summed E-state index contributed by atoms with van der Waals surface area (Å²) in [6, 6.07) is 6.73. The number of para-hydroxylation sites is 1. The van der Waals surface area contributed by atoms with Crippen LogP contribution in [0.3, 0.4) is 0 Å². The molecule has 1 aliphatic rings. The van der Waals surface area contributed by atoms with Gasteiger partial charge in [0, 0.05) is 16.6 Å². The molecule has 1 aliphatic carbocycles. The predicted octanol–water partition coefficient (Wildman–Crippen LogP) is 2.07. The summed E-state index contributed by atoms with van der Waals surface area (Å²) in [5.41, 5.74) is 2.17. The van der Waals surface area contributed by atoms with Crippen LogP contribution in [0.5, 0.6) is 0 Å². The molecule has 1 unspecified atom stereocenters. The van der Waals surface area contributed by atoms with E-state index in [4.69, 9.17) is 0 Å². The number of hydrogen-bond donors (Lipinski definition) is 3. The quantitative estimate of drug-likeness (QED) is 0.796. The molecule has 20 heavy (non-hydrogen) atoms. The summed E-state index contributed by atoms with van der Waals surface area (Å²) in [6.45, 7) is 1.82. The van der Waals surface area contributed by atoms with E-state index < -0.39 is 12.0 Å². The Morgan fingerprint density at radius 2 is 2.05 bits per heavy atom. The number of carboxylic acid groups (broad SMARTS) is 1. The van der Waals surface area contributed by atoms with Gasteiger partial charge in [-0.2, -0.15) is 0 Å². The maximum atomic E-state index is 12.4. The molecule has 0 saturated heterocycles. The van der Waals surface area contributed by atoms with Crippen molar-refractivity contribution in [3.63, 3.8) is 0 Å². The standard InChI is InChI=1S/C15H16N2O3/c1-8-12(10-4-2-3-5-11(10)16-8)14(18)17-13(15(19)20)9-6-7-9/h2-5,9,13,16H,6-7H2,1H3,(H,17,18)(H,19,20). The normalized spacial score (nSPS) is 16.1. The van der Waals surface area contributed by atoms with E-state index in [9.17, 15) is 14.7 Å². The molecule has 3 N–H and O–H groups in total. The molecule has 1 aromatic heterocycles. The number of aromatic amines is 1. The Morgan fingerprint density at radius 3 is 2.70 bits per heavy atom. The topological polar surface area (TPSA) is 82.2 Å². The zero-order chi connectivity index (χ0) is 14.3. The van der Waals surface area contributed by atoms with E-state index in [1.165, 1.54) is 0 Å². The number of carboxylic acids is 1. The molecule has 0 radical (unpaired) electrons. The van der Waals surface area contributed by atoms with Crippen LogP contribution in [0.2, 0.25) is 0 Å². The van der Waals surface area contributed by atoms with Crippen molar-refractivity contribution in [1.82, 2.24) is 10.3 Å². The van der Waals surface area contributed by atoms with Crippen molar-refractivity contribution in [2.75, 3.05) is 0 Å². The Bertz CT molecular complexity index is 685. The Labute approximate surface area is 116 Å². The predicted molar refractivity (Wildman–Crippen MR) is 74.6 cm³/mol. The van der Waals surface area contributed by atoms with Gasteiger partial charge < -0.3 is 15.4 Å². The van der Waals surface area contributed by atoms with E-state index in [2.05, 4.69) is 10.3 Å². The molecule has 0 bridgehead atoms. The lowest BCUT2D eigenvalue weighted by Gasteiger charge is -2.13. The minimum Gasteiger partial charge on any atom is -0.480 e. The summed E-state index contributed by atoms with van der Waals surface area (Å²) in [5, 5.41) is 12.7. The van der Waals surface area contributed by atoms with Gasteiger partial charge in [-0.15, -0.1) is 0 Å². The van der Waals surface area contributed by atoms with Gasteiger partial charge in [-0.1, -0.05) is 18.2 Å². The monoisotopic (exact) mass is 272 g/mol. The minimum absolute atomic E-state index is 0.0713. The number of aliphatic carboxylic acids is 1. The minimum atomic E-state index is -0.960. The molecule has 104 valence electrons. The highest BCUT2D eigenvalue weighted by atomic mass is 16.4. The molecule has 2 aromatic rings. The average Bonchev–Trinajstić information content (AvgIpc) is 3.17. The fourth-order valence-corrected chi connectivity index (χ4v) is 2.59. The number of H-pyrrole nitrogens is 1. The molecule has 3 rings (SSSR count). The van der Waals surface area contributed by atoms with E-state index >= 15 is 0 Å². The molecule has 1 fully saturated rings. The van der Waals surface area contributed by atoms with Gasteiger partial charge >= 0.3 is 5.97 Å². The van der Waals surface area contributed by atoms with E-state index in [-0.39, 0.29) is 11.8 Å². The third-order valence-corrected chi connectivity index (χ3v) is 3.77. The summed E-state index contributed by atoms with van der Waals surface area (Å²) in [6.07, 6.45) is 1.73. The second-order valence-electron chi connectivity index (χ2n) is 5.30. The molecule has 1 atom stereocenters. The van der Waals surface area contributed by atoms with E-state index in [0.717, 1.165) is 29.4 Å². The lowest BCUT2D eigenvalue weighted by atomic mass is 10.1. The van der Waals surface area contributed by atoms with Crippen molar-refractivity contribution in [2.45, 2.75) is 25.8 Å². The lowest BCUT2D eigenvalue weighted by Crippen LogP contribution is -2.42. The molecule has 0 spiro atoms. The second-order valence-corrected chi connectivity index (χ2v) is 5.30. The first-order valence-electron chi connectivity index (χ1n) is 6.69. The Kier molecular flexibility index (Phi) is 2.97. The van der Waals surface area contributed by atoms with Crippen molar-refractivity contribution in [2.24, 2.45) is 5.92 Å². The Hall–Kier alpha value is -2.30. The molecule has 0 aliphatic heterocycles. The van der Waals surface area contributed by atoms with Crippen molar-refractivity contribution in [1.29, 1.82) is 0 Å². The number of nitrogens with one attached hydrogen (secondary N) is 2. The van der Waals surface area contributed by atoms with Gasteiger partial charge in [0.15, 0.2) is 0 Å². The Balaban J connectivity index is 1.92. The number of amides is 1. The van der Waals surface area contributed by atoms with Crippen molar-refractivity contribution in [3.05, 3.63) is 35.5 Å². The van der Waals surface area contributed by atoms with Crippen LogP contribution in [-0.2, 0) is 4.79 Å². The highest BCUT2D eigenvalue weighted by Crippen LogP contribution is 2.33. The molecule has 5 heteroatoms. The smallest absolute Gasteiger partial charge is 0.326 e. The molecule has 1 amide bonds. The van der Waals surface area contributed by atoms with Crippen LogP contribution in [0.1, 0.15) is 28.9 Å². The van der Waals surface area contributed by atoms with Gasteiger partial charge in [-0.3, -0.25) is 4.79 Å². The van der Waals surface area contributed by atoms with Crippen molar-refractivity contribution >= 4 is 22.8 Å². The third-order valence-electron chi connectivity index (χ3n) is 3.77. The molecule has 1 heterocycles. The first-order chi connectivity index (χ1) is 9.58. The van der Waals surface area contributed by atoms with Crippen LogP contribution in [0, 0.1) is 12.8 Å².